The van der Waals surface area contributed by atoms with Crippen LogP contribution in [0.15, 0.2) is 71.8 Å². The molecule has 0 radical (unpaired) electrons. The van der Waals surface area contributed by atoms with Crippen molar-refractivity contribution in [3.8, 4) is 22.8 Å². The number of piperidine rings is 1. The lowest BCUT2D eigenvalue weighted by atomic mass is 10.0. The first-order valence-corrected chi connectivity index (χ1v) is 14.0. The quantitative estimate of drug-likeness (QED) is 0.245. The fourth-order valence-corrected chi connectivity index (χ4v) is 5.29. The van der Waals surface area contributed by atoms with Crippen molar-refractivity contribution >= 4 is 22.5 Å². The van der Waals surface area contributed by atoms with E-state index >= 15 is 0 Å². The molecule has 42 heavy (non-hydrogen) atoms. The SMILES string of the molecule is Cc1cn2nc(-c3ccc4c(=O)n(C5CCN(C(=O)OC(C)(C)C)CC5)ccc4c3)cc(Oc3ccccc3F)c2n1. The van der Waals surface area contributed by atoms with Crippen LogP contribution in [0, 0.1) is 12.7 Å². The molecular formula is C32H32FN5O4. The van der Waals surface area contributed by atoms with Gasteiger partial charge in [-0.2, -0.15) is 5.10 Å². The van der Waals surface area contributed by atoms with Crippen molar-refractivity contribution in [1.82, 2.24) is 24.1 Å². The molecule has 10 heteroatoms. The predicted octanol–water partition coefficient (Wildman–Crippen LogP) is 6.52. The molecule has 4 heterocycles. The summed E-state index contributed by atoms with van der Waals surface area (Å²) in [5.74, 6) is -0.0191. The zero-order valence-electron chi connectivity index (χ0n) is 24.0. The highest BCUT2D eigenvalue weighted by atomic mass is 19.1. The number of amides is 1. The number of imidazole rings is 1. The molecule has 0 atom stereocenters. The molecule has 0 N–H and O–H groups in total. The normalized spacial score (nSPS) is 14.5. The number of para-hydroxylation sites is 1. The molecule has 0 aliphatic carbocycles. The summed E-state index contributed by atoms with van der Waals surface area (Å²) in [7, 11) is 0. The maximum Gasteiger partial charge on any atom is 0.410 e. The van der Waals surface area contributed by atoms with E-state index in [1.165, 1.54) is 6.07 Å². The van der Waals surface area contributed by atoms with E-state index in [1.54, 1.807) is 44.4 Å². The van der Waals surface area contributed by atoms with Crippen LogP contribution in [0.5, 0.6) is 11.5 Å². The number of hydrogen-bond acceptors (Lipinski definition) is 6. The number of rotatable bonds is 4. The van der Waals surface area contributed by atoms with Gasteiger partial charge in [0.05, 0.1) is 17.6 Å². The summed E-state index contributed by atoms with van der Waals surface area (Å²) < 4.78 is 29.2. The Labute approximate surface area is 242 Å². The van der Waals surface area contributed by atoms with Gasteiger partial charge in [-0.1, -0.05) is 18.2 Å². The van der Waals surface area contributed by atoms with Crippen LogP contribution in [0.4, 0.5) is 9.18 Å². The molecule has 6 rings (SSSR count). The molecule has 1 aliphatic rings. The molecule has 0 saturated carbocycles. The van der Waals surface area contributed by atoms with Crippen molar-refractivity contribution in [3.63, 3.8) is 0 Å². The predicted molar refractivity (Wildman–Crippen MR) is 157 cm³/mol. The van der Waals surface area contributed by atoms with E-state index in [0.717, 1.165) is 16.6 Å². The molecule has 5 aromatic rings. The molecule has 0 spiro atoms. The lowest BCUT2D eigenvalue weighted by Gasteiger charge is -2.34. The van der Waals surface area contributed by atoms with E-state index in [0.29, 0.717) is 48.4 Å². The number of fused-ring (bicyclic) bond motifs is 2. The third kappa shape index (κ3) is 5.44. The zero-order chi connectivity index (χ0) is 29.6. The smallest absolute Gasteiger partial charge is 0.410 e. The highest BCUT2D eigenvalue weighted by Gasteiger charge is 2.28. The van der Waals surface area contributed by atoms with E-state index < -0.39 is 11.4 Å². The maximum atomic E-state index is 14.4. The van der Waals surface area contributed by atoms with Crippen LogP contribution >= 0.6 is 0 Å². The van der Waals surface area contributed by atoms with Crippen LogP contribution < -0.4 is 10.3 Å². The Bertz CT molecular complexity index is 1870. The summed E-state index contributed by atoms with van der Waals surface area (Å²) in [6.07, 6.45) is 4.62. The summed E-state index contributed by atoms with van der Waals surface area (Å²) >= 11 is 0. The average Bonchev–Trinajstić information content (AvgIpc) is 3.34. The number of nitrogens with zero attached hydrogens (tertiary/aromatic N) is 5. The van der Waals surface area contributed by atoms with Gasteiger partial charge < -0.3 is 18.9 Å². The lowest BCUT2D eigenvalue weighted by Crippen LogP contribution is -2.43. The van der Waals surface area contributed by atoms with Gasteiger partial charge in [0.2, 0.25) is 0 Å². The molecule has 0 bridgehead atoms. The number of ether oxygens (including phenoxy) is 2. The fraction of sp³-hybridized carbons (Fsp3) is 0.312. The highest BCUT2D eigenvalue weighted by molar-refractivity contribution is 5.86. The summed E-state index contributed by atoms with van der Waals surface area (Å²) in [6.45, 7) is 8.46. The molecule has 1 amide bonds. The summed E-state index contributed by atoms with van der Waals surface area (Å²) in [4.78, 5) is 32.2. The third-order valence-corrected chi connectivity index (χ3v) is 7.31. The Hall–Kier alpha value is -4.73. The van der Waals surface area contributed by atoms with Crippen LogP contribution in [0.2, 0.25) is 0 Å². The molecule has 0 unspecified atom stereocenters. The van der Waals surface area contributed by atoms with Gasteiger partial charge in [0.1, 0.15) is 5.60 Å². The molecular weight excluding hydrogens is 537 g/mol. The number of hydrogen-bond donors (Lipinski definition) is 0. The standard InChI is InChI=1S/C32H32FN5O4/c1-20-19-38-29(34-20)28(41-27-8-6-5-7-25(27)33)18-26(35-38)22-9-10-24-21(17-22)11-16-37(30(24)39)23-12-14-36(15-13-23)31(40)42-32(2,3)4/h5-11,16-19,23H,12-15H2,1-4H3. The van der Waals surface area contributed by atoms with Gasteiger partial charge in [-0.05, 0) is 76.3 Å². The van der Waals surface area contributed by atoms with Crippen molar-refractivity contribution in [2.75, 3.05) is 13.1 Å². The Kier molecular flexibility index (Phi) is 6.92. The number of benzene rings is 2. The molecule has 1 saturated heterocycles. The maximum absolute atomic E-state index is 14.4. The van der Waals surface area contributed by atoms with Crippen molar-refractivity contribution in [2.45, 2.75) is 52.2 Å². The Morgan fingerprint density at radius 1 is 1.02 bits per heavy atom. The number of aromatic nitrogens is 4. The number of likely N-dealkylation sites (tertiary alicyclic amines) is 1. The van der Waals surface area contributed by atoms with Gasteiger partial charge in [0.25, 0.3) is 5.56 Å². The van der Waals surface area contributed by atoms with E-state index in [1.807, 2.05) is 58.2 Å². The summed E-state index contributed by atoms with van der Waals surface area (Å²) in [6, 6.07) is 15.4. The van der Waals surface area contributed by atoms with Crippen molar-refractivity contribution < 1.29 is 18.7 Å². The van der Waals surface area contributed by atoms with Gasteiger partial charge in [-0.25, -0.2) is 18.7 Å². The number of carbonyl (C=O) groups is 1. The first-order valence-electron chi connectivity index (χ1n) is 14.0. The lowest BCUT2D eigenvalue weighted by molar-refractivity contribution is 0.0187. The average molecular weight is 570 g/mol. The van der Waals surface area contributed by atoms with Gasteiger partial charge in [-0.3, -0.25) is 4.79 Å². The summed E-state index contributed by atoms with van der Waals surface area (Å²) in [5, 5.41) is 6.08. The van der Waals surface area contributed by atoms with Crippen LogP contribution in [0.3, 0.4) is 0 Å². The van der Waals surface area contributed by atoms with E-state index in [2.05, 4.69) is 4.98 Å². The second kappa shape index (κ2) is 10.6. The van der Waals surface area contributed by atoms with Gasteiger partial charge >= 0.3 is 6.09 Å². The van der Waals surface area contributed by atoms with Crippen molar-refractivity contribution in [1.29, 1.82) is 0 Å². The Morgan fingerprint density at radius 2 is 1.79 bits per heavy atom. The Morgan fingerprint density at radius 3 is 2.52 bits per heavy atom. The second-order valence-corrected chi connectivity index (χ2v) is 11.6. The van der Waals surface area contributed by atoms with Gasteiger partial charge in [0, 0.05) is 42.3 Å². The number of halogens is 1. The summed E-state index contributed by atoms with van der Waals surface area (Å²) in [5.41, 5.74) is 1.96. The van der Waals surface area contributed by atoms with Crippen molar-refractivity contribution in [3.05, 3.63) is 88.9 Å². The van der Waals surface area contributed by atoms with Gasteiger partial charge in [0.15, 0.2) is 23.0 Å². The van der Waals surface area contributed by atoms with E-state index in [4.69, 9.17) is 14.6 Å². The highest BCUT2D eigenvalue weighted by Crippen LogP contribution is 2.32. The van der Waals surface area contributed by atoms with Crippen molar-refractivity contribution in [2.24, 2.45) is 0 Å². The van der Waals surface area contributed by atoms with Gasteiger partial charge in [-0.15, -0.1) is 0 Å². The third-order valence-electron chi connectivity index (χ3n) is 7.31. The molecule has 9 nitrogen and oxygen atoms in total. The monoisotopic (exact) mass is 569 g/mol. The van der Waals surface area contributed by atoms with E-state index in [-0.39, 0.29) is 23.4 Å². The minimum absolute atomic E-state index is 0.00749. The largest absolute Gasteiger partial charge is 0.450 e. The number of aryl methyl sites for hydroxylation is 1. The first-order chi connectivity index (χ1) is 20.1. The van der Waals surface area contributed by atoms with Crippen LogP contribution in [0.1, 0.15) is 45.3 Å². The number of carbonyl (C=O) groups excluding carboxylic acids is 1. The van der Waals surface area contributed by atoms with Crippen LogP contribution in [-0.2, 0) is 4.74 Å². The van der Waals surface area contributed by atoms with E-state index in [9.17, 15) is 14.0 Å². The number of pyridine rings is 1. The molecule has 2 aromatic carbocycles. The minimum Gasteiger partial charge on any atom is -0.450 e. The topological polar surface area (TPSA) is 91.0 Å². The first kappa shape index (κ1) is 27.4. The molecule has 3 aromatic heterocycles. The second-order valence-electron chi connectivity index (χ2n) is 11.6. The molecule has 1 fully saturated rings. The molecule has 216 valence electrons. The molecule has 1 aliphatic heterocycles. The Balaban J connectivity index is 1.28. The minimum atomic E-state index is -0.546. The van der Waals surface area contributed by atoms with Crippen LogP contribution in [0.25, 0.3) is 27.7 Å². The zero-order valence-corrected chi connectivity index (χ0v) is 24.0. The fourth-order valence-electron chi connectivity index (χ4n) is 5.29. The van der Waals surface area contributed by atoms with Crippen LogP contribution in [-0.4, -0.2) is 48.8 Å².